The van der Waals surface area contributed by atoms with Crippen LogP contribution in [-0.4, -0.2) is 73.0 Å². The number of carbonyl (C=O) groups is 5. The van der Waals surface area contributed by atoms with Crippen molar-refractivity contribution in [1.82, 2.24) is 0 Å². The van der Waals surface area contributed by atoms with Crippen LogP contribution in [0, 0.1) is 0 Å². The number of rotatable bonds is 7. The molecule has 1 fully saturated rings. The molecular formula is C16H21ClO11. The molecule has 0 bridgehead atoms. The lowest BCUT2D eigenvalue weighted by Gasteiger charge is -2.43. The van der Waals surface area contributed by atoms with Gasteiger partial charge < -0.3 is 28.4 Å². The fourth-order valence-corrected chi connectivity index (χ4v) is 2.50. The lowest BCUT2D eigenvalue weighted by Crippen LogP contribution is -2.63. The van der Waals surface area contributed by atoms with Crippen molar-refractivity contribution in [2.45, 2.75) is 58.4 Å². The van der Waals surface area contributed by atoms with Gasteiger partial charge in [-0.1, -0.05) is 0 Å². The summed E-state index contributed by atoms with van der Waals surface area (Å²) >= 11 is 5.46. The first-order chi connectivity index (χ1) is 13.0. The number of hydrogen-bond acceptors (Lipinski definition) is 11. The van der Waals surface area contributed by atoms with E-state index in [9.17, 15) is 24.0 Å². The van der Waals surface area contributed by atoms with E-state index in [0.29, 0.717) is 0 Å². The number of halogens is 1. The maximum atomic E-state index is 11.8. The van der Waals surface area contributed by atoms with Gasteiger partial charge in [0.25, 0.3) is 0 Å². The molecule has 11 nitrogen and oxygen atoms in total. The molecule has 0 aromatic heterocycles. The van der Waals surface area contributed by atoms with Gasteiger partial charge in [0.15, 0.2) is 12.2 Å². The van der Waals surface area contributed by atoms with Crippen LogP contribution in [0.5, 0.6) is 0 Å². The molecular weight excluding hydrogens is 404 g/mol. The summed E-state index contributed by atoms with van der Waals surface area (Å²) in [5.74, 6) is -4.51. The molecule has 0 aliphatic carbocycles. The summed E-state index contributed by atoms with van der Waals surface area (Å²) in [7, 11) is 0. The van der Waals surface area contributed by atoms with Crippen LogP contribution in [0.2, 0.25) is 0 Å². The van der Waals surface area contributed by atoms with E-state index in [0.717, 1.165) is 27.7 Å². The molecule has 0 spiro atoms. The van der Waals surface area contributed by atoms with Crippen molar-refractivity contribution in [2.75, 3.05) is 12.5 Å². The first kappa shape index (κ1) is 23.6. The SMILES string of the molecule is CC(=O)OC[C@H]1O[C@@H](OC(C)=O)[C@H](OC(C)=O)[C@@H](OC(=O)CCl)[C@@H]1OC(C)=O. The summed E-state index contributed by atoms with van der Waals surface area (Å²) in [6, 6.07) is 0. The first-order valence-electron chi connectivity index (χ1n) is 8.11. The van der Waals surface area contributed by atoms with Gasteiger partial charge in [0, 0.05) is 27.7 Å². The normalized spacial score (nSPS) is 26.5. The Morgan fingerprint density at radius 2 is 1.29 bits per heavy atom. The first-order valence-corrected chi connectivity index (χ1v) is 8.64. The summed E-state index contributed by atoms with van der Waals surface area (Å²) in [4.78, 5) is 57.4. The Balaban J connectivity index is 3.32. The van der Waals surface area contributed by atoms with E-state index in [4.69, 9.17) is 40.0 Å². The van der Waals surface area contributed by atoms with E-state index < -0.39 is 73.0 Å². The number of alkyl halides is 1. The van der Waals surface area contributed by atoms with Gasteiger partial charge in [-0.3, -0.25) is 24.0 Å². The number of carbonyl (C=O) groups excluding carboxylic acids is 5. The number of esters is 5. The lowest BCUT2D eigenvalue weighted by atomic mass is 9.98. The van der Waals surface area contributed by atoms with E-state index in [2.05, 4.69) is 0 Å². The van der Waals surface area contributed by atoms with Crippen LogP contribution in [0.25, 0.3) is 0 Å². The highest BCUT2D eigenvalue weighted by Crippen LogP contribution is 2.30. The molecule has 0 amide bonds. The van der Waals surface area contributed by atoms with Crippen molar-refractivity contribution < 1.29 is 52.4 Å². The van der Waals surface area contributed by atoms with E-state index >= 15 is 0 Å². The van der Waals surface area contributed by atoms with Gasteiger partial charge in [0.1, 0.15) is 18.6 Å². The van der Waals surface area contributed by atoms with E-state index in [-0.39, 0.29) is 0 Å². The molecule has 1 aliphatic heterocycles. The Hall–Kier alpha value is -2.40. The third kappa shape index (κ3) is 7.31. The predicted octanol–water partition coefficient (Wildman–Crippen LogP) is -0.148. The maximum Gasteiger partial charge on any atom is 0.321 e. The molecule has 0 saturated carbocycles. The maximum absolute atomic E-state index is 11.8. The van der Waals surface area contributed by atoms with Crippen LogP contribution in [0.15, 0.2) is 0 Å². The Morgan fingerprint density at radius 1 is 0.750 bits per heavy atom. The van der Waals surface area contributed by atoms with Crippen molar-refractivity contribution in [3.8, 4) is 0 Å². The van der Waals surface area contributed by atoms with Crippen molar-refractivity contribution in [3.05, 3.63) is 0 Å². The van der Waals surface area contributed by atoms with Crippen LogP contribution >= 0.6 is 11.6 Å². The average Bonchev–Trinajstić information content (AvgIpc) is 2.56. The standard InChI is InChI=1S/C16H21ClO11/c1-7(18)23-6-11-13(24-8(2)19)14(28-12(22)5-17)15(25-9(3)20)16(27-11)26-10(4)21/h11,13-16H,5-6H2,1-4H3/t11-,13-,14+,15-,16-/m1/s1. The smallest absolute Gasteiger partial charge is 0.321 e. The van der Waals surface area contributed by atoms with Gasteiger partial charge >= 0.3 is 29.8 Å². The van der Waals surface area contributed by atoms with Gasteiger partial charge in [-0.15, -0.1) is 11.6 Å². The van der Waals surface area contributed by atoms with Gasteiger partial charge in [-0.25, -0.2) is 0 Å². The zero-order valence-electron chi connectivity index (χ0n) is 15.7. The fourth-order valence-electron chi connectivity index (χ4n) is 2.44. The Kier molecular flexibility index (Phi) is 9.13. The Bertz CT molecular complexity index is 620. The van der Waals surface area contributed by atoms with Crippen molar-refractivity contribution in [2.24, 2.45) is 0 Å². The summed E-state index contributed by atoms with van der Waals surface area (Å²) in [6.45, 7) is 3.94. The third-order valence-electron chi connectivity index (χ3n) is 3.30. The molecule has 0 N–H and O–H groups in total. The quantitative estimate of drug-likeness (QED) is 0.306. The highest BCUT2D eigenvalue weighted by Gasteiger charge is 2.53. The second-order valence-corrected chi connectivity index (χ2v) is 5.96. The molecule has 28 heavy (non-hydrogen) atoms. The lowest BCUT2D eigenvalue weighted by molar-refractivity contribution is -0.300. The largest absolute Gasteiger partial charge is 0.463 e. The highest BCUT2D eigenvalue weighted by molar-refractivity contribution is 6.26. The second kappa shape index (κ2) is 10.8. The minimum absolute atomic E-state index is 0.424. The molecule has 12 heteroatoms. The molecule has 1 aliphatic rings. The van der Waals surface area contributed by atoms with Crippen LogP contribution in [-0.2, 0) is 52.4 Å². The fraction of sp³-hybridized carbons (Fsp3) is 0.688. The van der Waals surface area contributed by atoms with E-state index in [1.165, 1.54) is 0 Å². The summed E-state index contributed by atoms with van der Waals surface area (Å²) in [6.07, 6.45) is -6.98. The van der Waals surface area contributed by atoms with Crippen molar-refractivity contribution in [3.63, 3.8) is 0 Å². The summed E-state index contributed by atoms with van der Waals surface area (Å²) < 4.78 is 30.8. The third-order valence-corrected chi connectivity index (χ3v) is 3.52. The minimum atomic E-state index is -1.53. The van der Waals surface area contributed by atoms with Gasteiger partial charge in [0.05, 0.1) is 0 Å². The van der Waals surface area contributed by atoms with Crippen LogP contribution in [0.1, 0.15) is 27.7 Å². The monoisotopic (exact) mass is 424 g/mol. The van der Waals surface area contributed by atoms with Crippen LogP contribution in [0.4, 0.5) is 0 Å². The van der Waals surface area contributed by atoms with Gasteiger partial charge in [-0.2, -0.15) is 0 Å². The van der Waals surface area contributed by atoms with E-state index in [1.807, 2.05) is 0 Å². The molecule has 1 saturated heterocycles. The Morgan fingerprint density at radius 3 is 1.75 bits per heavy atom. The second-order valence-electron chi connectivity index (χ2n) is 5.69. The predicted molar refractivity (Wildman–Crippen MR) is 88.8 cm³/mol. The van der Waals surface area contributed by atoms with Crippen molar-refractivity contribution >= 4 is 41.4 Å². The summed E-state index contributed by atoms with van der Waals surface area (Å²) in [5.41, 5.74) is 0. The molecule has 0 unspecified atom stereocenters. The molecule has 1 rings (SSSR count). The molecule has 1 heterocycles. The average molecular weight is 425 g/mol. The molecule has 0 aromatic carbocycles. The van der Waals surface area contributed by atoms with E-state index in [1.54, 1.807) is 0 Å². The molecule has 158 valence electrons. The van der Waals surface area contributed by atoms with Crippen molar-refractivity contribution in [1.29, 1.82) is 0 Å². The molecule has 0 aromatic rings. The molecule has 5 atom stereocenters. The zero-order valence-corrected chi connectivity index (χ0v) is 16.4. The highest BCUT2D eigenvalue weighted by atomic mass is 35.5. The minimum Gasteiger partial charge on any atom is -0.463 e. The topological polar surface area (TPSA) is 141 Å². The Labute approximate surface area is 165 Å². The van der Waals surface area contributed by atoms with Crippen LogP contribution in [0.3, 0.4) is 0 Å². The number of hydrogen-bond donors (Lipinski definition) is 0. The zero-order chi connectivity index (χ0) is 21.4. The molecule has 0 radical (unpaired) electrons. The summed E-state index contributed by atoms with van der Waals surface area (Å²) in [5, 5.41) is 0. The van der Waals surface area contributed by atoms with Gasteiger partial charge in [0.2, 0.25) is 12.4 Å². The number of ether oxygens (including phenoxy) is 6. The van der Waals surface area contributed by atoms with Gasteiger partial charge in [-0.05, 0) is 0 Å². The van der Waals surface area contributed by atoms with Crippen LogP contribution < -0.4 is 0 Å².